The van der Waals surface area contributed by atoms with Crippen LogP contribution in [0.2, 0.25) is 0 Å². The minimum atomic E-state index is -0.934. The number of aromatic nitrogens is 2. The van der Waals surface area contributed by atoms with Gasteiger partial charge in [0.25, 0.3) is 5.22 Å². The topological polar surface area (TPSA) is 76.2 Å². The SMILES string of the molecule is Cc1ccc(-c2nnc(SCc3cccc(C(=O)O)c3)o2)cc1. The third-order valence-electron chi connectivity index (χ3n) is 3.24. The Labute approximate surface area is 137 Å². The molecule has 5 nitrogen and oxygen atoms in total. The number of rotatable bonds is 5. The molecule has 0 fully saturated rings. The summed E-state index contributed by atoms with van der Waals surface area (Å²) in [5.41, 5.74) is 3.21. The minimum absolute atomic E-state index is 0.272. The van der Waals surface area contributed by atoms with E-state index in [0.29, 0.717) is 16.9 Å². The zero-order valence-electron chi connectivity index (χ0n) is 12.4. The van der Waals surface area contributed by atoms with Gasteiger partial charge in [0, 0.05) is 11.3 Å². The van der Waals surface area contributed by atoms with Crippen LogP contribution in [0.4, 0.5) is 0 Å². The summed E-state index contributed by atoms with van der Waals surface area (Å²) in [6.07, 6.45) is 0. The molecule has 116 valence electrons. The van der Waals surface area contributed by atoms with Crippen molar-refractivity contribution in [3.63, 3.8) is 0 Å². The number of aryl methyl sites for hydroxylation is 1. The maximum absolute atomic E-state index is 11.0. The van der Waals surface area contributed by atoms with E-state index in [1.165, 1.54) is 17.3 Å². The van der Waals surface area contributed by atoms with Crippen LogP contribution in [0.1, 0.15) is 21.5 Å². The highest BCUT2D eigenvalue weighted by Gasteiger charge is 2.10. The maximum Gasteiger partial charge on any atom is 0.335 e. The molecule has 0 spiro atoms. The van der Waals surface area contributed by atoms with Crippen LogP contribution < -0.4 is 0 Å². The Morgan fingerprint density at radius 1 is 1.17 bits per heavy atom. The van der Waals surface area contributed by atoms with Crippen LogP contribution >= 0.6 is 11.8 Å². The number of carbonyl (C=O) groups is 1. The summed E-state index contributed by atoms with van der Waals surface area (Å²) in [5.74, 6) is 0.111. The van der Waals surface area contributed by atoms with Crippen molar-refractivity contribution in [2.75, 3.05) is 0 Å². The molecule has 0 aliphatic carbocycles. The second-order valence-electron chi connectivity index (χ2n) is 5.03. The van der Waals surface area contributed by atoms with Gasteiger partial charge < -0.3 is 9.52 Å². The van der Waals surface area contributed by atoms with Gasteiger partial charge in [0.1, 0.15) is 0 Å². The largest absolute Gasteiger partial charge is 0.478 e. The Balaban J connectivity index is 1.69. The molecule has 0 unspecified atom stereocenters. The Morgan fingerprint density at radius 2 is 1.96 bits per heavy atom. The quantitative estimate of drug-likeness (QED) is 0.713. The molecule has 0 atom stereocenters. The van der Waals surface area contributed by atoms with E-state index in [-0.39, 0.29) is 5.56 Å². The summed E-state index contributed by atoms with van der Waals surface area (Å²) in [7, 11) is 0. The molecule has 23 heavy (non-hydrogen) atoms. The van der Waals surface area contributed by atoms with E-state index >= 15 is 0 Å². The van der Waals surface area contributed by atoms with Gasteiger partial charge in [0.05, 0.1) is 5.56 Å². The normalized spacial score (nSPS) is 10.7. The molecule has 0 radical (unpaired) electrons. The van der Waals surface area contributed by atoms with E-state index < -0.39 is 5.97 Å². The van der Waals surface area contributed by atoms with Crippen molar-refractivity contribution in [2.45, 2.75) is 17.9 Å². The molecule has 0 amide bonds. The number of hydrogen-bond donors (Lipinski definition) is 1. The Hall–Kier alpha value is -2.60. The van der Waals surface area contributed by atoms with Gasteiger partial charge in [-0.1, -0.05) is 41.6 Å². The van der Waals surface area contributed by atoms with E-state index in [0.717, 1.165) is 11.1 Å². The highest BCUT2D eigenvalue weighted by Crippen LogP contribution is 2.26. The van der Waals surface area contributed by atoms with Gasteiger partial charge in [-0.05, 0) is 36.8 Å². The molecule has 0 aliphatic heterocycles. The first-order valence-corrected chi connectivity index (χ1v) is 7.96. The first-order chi connectivity index (χ1) is 11.1. The highest BCUT2D eigenvalue weighted by molar-refractivity contribution is 7.98. The summed E-state index contributed by atoms with van der Waals surface area (Å²) in [5, 5.41) is 17.5. The molecule has 0 bridgehead atoms. The van der Waals surface area contributed by atoms with Gasteiger partial charge in [-0.25, -0.2) is 4.79 Å². The molecule has 3 rings (SSSR count). The molecule has 0 saturated heterocycles. The van der Waals surface area contributed by atoms with Gasteiger partial charge in [-0.15, -0.1) is 10.2 Å². The van der Waals surface area contributed by atoms with E-state index in [4.69, 9.17) is 9.52 Å². The summed E-state index contributed by atoms with van der Waals surface area (Å²) < 4.78 is 5.63. The summed E-state index contributed by atoms with van der Waals surface area (Å²) in [6, 6.07) is 14.7. The molecule has 6 heteroatoms. The van der Waals surface area contributed by atoms with Crippen molar-refractivity contribution >= 4 is 17.7 Å². The van der Waals surface area contributed by atoms with Gasteiger partial charge in [0.2, 0.25) is 5.89 Å². The molecular formula is C17H14N2O3S. The molecule has 1 heterocycles. The van der Waals surface area contributed by atoms with Crippen molar-refractivity contribution in [2.24, 2.45) is 0 Å². The Morgan fingerprint density at radius 3 is 2.70 bits per heavy atom. The van der Waals surface area contributed by atoms with Crippen molar-refractivity contribution < 1.29 is 14.3 Å². The highest BCUT2D eigenvalue weighted by atomic mass is 32.2. The number of benzene rings is 2. The summed E-state index contributed by atoms with van der Waals surface area (Å²) >= 11 is 1.38. The molecular weight excluding hydrogens is 312 g/mol. The molecule has 0 aliphatic rings. The number of aromatic carboxylic acids is 1. The second-order valence-corrected chi connectivity index (χ2v) is 5.96. The second kappa shape index (κ2) is 6.66. The molecule has 0 saturated carbocycles. The van der Waals surface area contributed by atoms with Crippen molar-refractivity contribution in [3.8, 4) is 11.5 Å². The van der Waals surface area contributed by atoms with Gasteiger partial charge in [-0.3, -0.25) is 0 Å². The van der Waals surface area contributed by atoms with Crippen LogP contribution in [0.3, 0.4) is 0 Å². The van der Waals surface area contributed by atoms with Crippen LogP contribution in [0.15, 0.2) is 58.2 Å². The lowest BCUT2D eigenvalue weighted by Crippen LogP contribution is -1.96. The van der Waals surface area contributed by atoms with E-state index in [2.05, 4.69) is 10.2 Å². The molecule has 1 N–H and O–H groups in total. The lowest BCUT2D eigenvalue weighted by atomic mass is 10.1. The zero-order chi connectivity index (χ0) is 16.2. The first kappa shape index (κ1) is 15.3. The number of nitrogens with zero attached hydrogens (tertiary/aromatic N) is 2. The average Bonchev–Trinajstić information content (AvgIpc) is 3.03. The number of carboxylic acid groups (broad SMARTS) is 1. The predicted molar refractivity (Wildman–Crippen MR) is 87.4 cm³/mol. The fraction of sp³-hybridized carbons (Fsp3) is 0.118. The number of hydrogen-bond acceptors (Lipinski definition) is 5. The molecule has 1 aromatic heterocycles. The maximum atomic E-state index is 11.0. The monoisotopic (exact) mass is 326 g/mol. The van der Waals surface area contributed by atoms with Crippen LogP contribution in [-0.4, -0.2) is 21.3 Å². The lowest BCUT2D eigenvalue weighted by Gasteiger charge is -2.00. The van der Waals surface area contributed by atoms with Crippen molar-refractivity contribution in [1.82, 2.24) is 10.2 Å². The minimum Gasteiger partial charge on any atom is -0.478 e. The smallest absolute Gasteiger partial charge is 0.335 e. The summed E-state index contributed by atoms with van der Waals surface area (Å²) in [4.78, 5) is 11.0. The molecule has 2 aromatic carbocycles. The number of thioether (sulfide) groups is 1. The van der Waals surface area contributed by atoms with Crippen LogP contribution in [0, 0.1) is 6.92 Å². The Kier molecular flexibility index (Phi) is 4.43. The standard InChI is InChI=1S/C17H14N2O3S/c1-11-5-7-13(8-6-11)15-18-19-17(22-15)23-10-12-3-2-4-14(9-12)16(20)21/h2-9H,10H2,1H3,(H,20,21). The van der Waals surface area contributed by atoms with Crippen LogP contribution in [0.25, 0.3) is 11.5 Å². The number of carboxylic acids is 1. The third-order valence-corrected chi connectivity index (χ3v) is 4.13. The average molecular weight is 326 g/mol. The fourth-order valence-corrected chi connectivity index (χ4v) is 2.73. The molecule has 3 aromatic rings. The van der Waals surface area contributed by atoms with Gasteiger partial charge in [-0.2, -0.15) is 0 Å². The summed E-state index contributed by atoms with van der Waals surface area (Å²) in [6.45, 7) is 2.02. The third kappa shape index (κ3) is 3.78. The van der Waals surface area contributed by atoms with Gasteiger partial charge in [0.15, 0.2) is 0 Å². The fourth-order valence-electron chi connectivity index (χ4n) is 2.02. The Bertz CT molecular complexity index is 828. The lowest BCUT2D eigenvalue weighted by molar-refractivity contribution is 0.0697. The van der Waals surface area contributed by atoms with E-state index in [1.54, 1.807) is 18.2 Å². The van der Waals surface area contributed by atoms with E-state index in [1.807, 2.05) is 37.3 Å². The van der Waals surface area contributed by atoms with Gasteiger partial charge >= 0.3 is 5.97 Å². The van der Waals surface area contributed by atoms with E-state index in [9.17, 15) is 4.79 Å². The first-order valence-electron chi connectivity index (χ1n) is 6.97. The van der Waals surface area contributed by atoms with Crippen molar-refractivity contribution in [3.05, 3.63) is 65.2 Å². The van der Waals surface area contributed by atoms with Crippen molar-refractivity contribution in [1.29, 1.82) is 0 Å². The predicted octanol–water partition coefficient (Wildman–Crippen LogP) is 4.04. The van der Waals surface area contributed by atoms with Crippen LogP contribution in [-0.2, 0) is 5.75 Å². The zero-order valence-corrected chi connectivity index (χ0v) is 13.2. The van der Waals surface area contributed by atoms with Crippen LogP contribution in [0.5, 0.6) is 0 Å².